The second kappa shape index (κ2) is 8.61. The molecule has 5 rings (SSSR count). The zero-order valence-electron chi connectivity index (χ0n) is 20.0. The summed E-state index contributed by atoms with van der Waals surface area (Å²) in [6.45, 7) is 5.77. The first-order chi connectivity index (χ1) is 16.3. The van der Waals surface area contributed by atoms with Crippen molar-refractivity contribution in [3.05, 3.63) is 59.8 Å². The second-order valence-corrected chi connectivity index (χ2v) is 9.36. The van der Waals surface area contributed by atoms with Crippen molar-refractivity contribution < 1.29 is 9.59 Å². The fourth-order valence-electron chi connectivity index (χ4n) is 4.72. The third-order valence-electron chi connectivity index (χ3n) is 6.69. The molecule has 0 spiro atoms. The van der Waals surface area contributed by atoms with Gasteiger partial charge in [0.05, 0.1) is 17.1 Å². The third-order valence-corrected chi connectivity index (χ3v) is 6.69. The van der Waals surface area contributed by atoms with Crippen LogP contribution in [0.15, 0.2) is 48.5 Å². The number of imidazole rings is 1. The Morgan fingerprint density at radius 3 is 2.71 bits per heavy atom. The summed E-state index contributed by atoms with van der Waals surface area (Å²) in [6.07, 6.45) is 0.941. The number of nitrogens with zero attached hydrogens (tertiary/aromatic N) is 4. The molecule has 4 aromatic rings. The van der Waals surface area contributed by atoms with Crippen molar-refractivity contribution in [2.75, 3.05) is 26.0 Å². The number of rotatable bonds is 6. The van der Waals surface area contributed by atoms with Crippen molar-refractivity contribution in [2.24, 2.45) is 0 Å². The molecular formula is C26H30N6O2. The fraction of sp³-hybridized carbons (Fsp3) is 0.346. The maximum Gasteiger partial charge on any atom is 0.268 e. The second-order valence-electron chi connectivity index (χ2n) is 9.36. The van der Waals surface area contributed by atoms with Gasteiger partial charge in [-0.05, 0) is 71.2 Å². The predicted molar refractivity (Wildman–Crippen MR) is 134 cm³/mol. The van der Waals surface area contributed by atoms with Crippen LogP contribution in [0, 0.1) is 0 Å². The van der Waals surface area contributed by atoms with Crippen LogP contribution in [0.2, 0.25) is 0 Å². The van der Waals surface area contributed by atoms with Gasteiger partial charge in [-0.1, -0.05) is 18.2 Å². The molecule has 0 radical (unpaired) electrons. The molecule has 0 bridgehead atoms. The lowest BCUT2D eigenvalue weighted by Gasteiger charge is -2.30. The molecule has 2 atom stereocenters. The Hall–Kier alpha value is -3.65. The summed E-state index contributed by atoms with van der Waals surface area (Å²) in [5, 5.41) is 6.98. The molecule has 2 aromatic carbocycles. The first-order valence-corrected chi connectivity index (χ1v) is 11.7. The summed E-state index contributed by atoms with van der Waals surface area (Å²) in [6, 6.07) is 15.5. The number of fused-ring (bicyclic) bond motifs is 4. The van der Waals surface area contributed by atoms with Crippen LogP contribution >= 0.6 is 0 Å². The molecule has 34 heavy (non-hydrogen) atoms. The monoisotopic (exact) mass is 458 g/mol. The molecule has 0 saturated heterocycles. The van der Waals surface area contributed by atoms with Crippen LogP contribution in [-0.4, -0.2) is 57.5 Å². The van der Waals surface area contributed by atoms with Gasteiger partial charge in [-0.25, -0.2) is 4.98 Å². The highest BCUT2D eigenvalue weighted by Crippen LogP contribution is 2.30. The van der Waals surface area contributed by atoms with Crippen LogP contribution in [0.3, 0.4) is 0 Å². The Kier molecular flexibility index (Phi) is 5.61. The summed E-state index contributed by atoms with van der Waals surface area (Å²) in [5.41, 5.74) is 3.90. The van der Waals surface area contributed by atoms with Crippen LogP contribution in [0.5, 0.6) is 0 Å². The lowest BCUT2D eigenvalue weighted by molar-refractivity contribution is 0.0891. The Morgan fingerprint density at radius 1 is 1.12 bits per heavy atom. The lowest BCUT2D eigenvalue weighted by Crippen LogP contribution is -2.44. The summed E-state index contributed by atoms with van der Waals surface area (Å²) < 4.78 is 4.11. The fourth-order valence-corrected chi connectivity index (χ4v) is 4.72. The van der Waals surface area contributed by atoms with Crippen LogP contribution < -0.4 is 10.6 Å². The van der Waals surface area contributed by atoms with Gasteiger partial charge in [-0.3, -0.25) is 14.9 Å². The number of carbonyl (C=O) groups is 2. The normalized spacial score (nSPS) is 17.9. The maximum atomic E-state index is 13.3. The van der Waals surface area contributed by atoms with E-state index < -0.39 is 0 Å². The van der Waals surface area contributed by atoms with Crippen molar-refractivity contribution in [1.29, 1.82) is 0 Å². The zero-order valence-corrected chi connectivity index (χ0v) is 20.0. The van der Waals surface area contributed by atoms with E-state index in [0.717, 1.165) is 41.4 Å². The van der Waals surface area contributed by atoms with Crippen LogP contribution in [0.25, 0.3) is 21.9 Å². The van der Waals surface area contributed by atoms with Crippen molar-refractivity contribution >= 4 is 39.7 Å². The number of aromatic nitrogens is 3. The van der Waals surface area contributed by atoms with Gasteiger partial charge < -0.3 is 19.4 Å². The standard InChI is InChI=1S/C26H30N6O2/c1-16-17(2)32-22-15-19(11-10-18(22)14-23(32)25(34)27-16)24(33)29-26-28-20-8-5-6-9-21(20)31(26)13-7-12-30(3)4/h5-6,8-11,14-17H,7,12-13H2,1-4H3,(H,27,34)(H,28,29,33)/t16-,17+/m0/s1. The molecule has 2 N–H and O–H groups in total. The molecule has 0 saturated carbocycles. The highest BCUT2D eigenvalue weighted by molar-refractivity contribution is 6.07. The summed E-state index contributed by atoms with van der Waals surface area (Å²) in [7, 11) is 4.10. The van der Waals surface area contributed by atoms with Crippen molar-refractivity contribution in [1.82, 2.24) is 24.3 Å². The number of benzene rings is 2. The number of nitrogens with one attached hydrogen (secondary N) is 2. The number of amides is 2. The number of hydrogen-bond acceptors (Lipinski definition) is 4. The molecular weight excluding hydrogens is 428 g/mol. The summed E-state index contributed by atoms with van der Waals surface area (Å²) in [5.74, 6) is 0.241. The van der Waals surface area contributed by atoms with E-state index in [-0.39, 0.29) is 23.9 Å². The first-order valence-electron chi connectivity index (χ1n) is 11.7. The predicted octanol–water partition coefficient (Wildman–Crippen LogP) is 3.89. The van der Waals surface area contributed by atoms with Gasteiger partial charge in [0.1, 0.15) is 5.69 Å². The van der Waals surface area contributed by atoms with Gasteiger partial charge in [-0.15, -0.1) is 0 Å². The van der Waals surface area contributed by atoms with E-state index >= 15 is 0 Å². The smallest absolute Gasteiger partial charge is 0.268 e. The molecule has 1 aliphatic heterocycles. The van der Waals surface area contributed by atoms with Crippen LogP contribution in [0.4, 0.5) is 5.95 Å². The Labute approximate surface area is 198 Å². The highest BCUT2D eigenvalue weighted by Gasteiger charge is 2.29. The third kappa shape index (κ3) is 3.84. The average molecular weight is 459 g/mol. The van der Waals surface area contributed by atoms with E-state index in [4.69, 9.17) is 0 Å². The van der Waals surface area contributed by atoms with Gasteiger partial charge in [0, 0.05) is 29.1 Å². The Balaban J connectivity index is 1.48. The summed E-state index contributed by atoms with van der Waals surface area (Å²) in [4.78, 5) is 32.6. The SMILES string of the molecule is C[C@@H]1NC(=O)c2cc3ccc(C(=O)Nc4nc5ccccc5n4CCCN(C)C)cc3n2[C@@H]1C. The van der Waals surface area contributed by atoms with Crippen LogP contribution in [-0.2, 0) is 6.54 Å². The number of carbonyl (C=O) groups excluding carboxylic acids is 2. The Bertz CT molecular complexity index is 1400. The quantitative estimate of drug-likeness (QED) is 0.459. The molecule has 0 aliphatic carbocycles. The molecule has 8 nitrogen and oxygen atoms in total. The largest absolute Gasteiger partial charge is 0.346 e. The van der Waals surface area contributed by atoms with E-state index in [1.807, 2.05) is 54.0 Å². The van der Waals surface area contributed by atoms with Crippen molar-refractivity contribution in [3.63, 3.8) is 0 Å². The molecule has 0 fully saturated rings. The number of para-hydroxylation sites is 2. The average Bonchev–Trinajstić information content (AvgIpc) is 3.36. The van der Waals surface area contributed by atoms with E-state index in [1.165, 1.54) is 0 Å². The van der Waals surface area contributed by atoms with Crippen molar-refractivity contribution in [2.45, 2.75) is 38.9 Å². The van der Waals surface area contributed by atoms with E-state index in [1.54, 1.807) is 6.07 Å². The molecule has 2 amide bonds. The highest BCUT2D eigenvalue weighted by atomic mass is 16.2. The van der Waals surface area contributed by atoms with Crippen LogP contribution in [0.1, 0.15) is 47.2 Å². The Morgan fingerprint density at radius 2 is 1.91 bits per heavy atom. The minimum absolute atomic E-state index is 0.00940. The van der Waals surface area contributed by atoms with E-state index in [9.17, 15) is 9.59 Å². The molecule has 8 heteroatoms. The van der Waals surface area contributed by atoms with Gasteiger partial charge in [0.15, 0.2) is 0 Å². The topological polar surface area (TPSA) is 84.2 Å². The van der Waals surface area contributed by atoms with Crippen molar-refractivity contribution in [3.8, 4) is 0 Å². The van der Waals surface area contributed by atoms with Gasteiger partial charge >= 0.3 is 0 Å². The number of anilines is 1. The zero-order chi connectivity index (χ0) is 24.0. The maximum absolute atomic E-state index is 13.3. The lowest BCUT2D eigenvalue weighted by atomic mass is 10.1. The molecule has 176 valence electrons. The van der Waals surface area contributed by atoms with Gasteiger partial charge in [0.25, 0.3) is 11.8 Å². The van der Waals surface area contributed by atoms with Gasteiger partial charge in [-0.2, -0.15) is 0 Å². The molecule has 1 aliphatic rings. The summed E-state index contributed by atoms with van der Waals surface area (Å²) >= 11 is 0. The molecule has 2 aromatic heterocycles. The van der Waals surface area contributed by atoms with E-state index in [0.29, 0.717) is 17.2 Å². The number of hydrogen-bond donors (Lipinski definition) is 2. The van der Waals surface area contributed by atoms with E-state index in [2.05, 4.69) is 46.1 Å². The minimum atomic E-state index is -0.220. The first kappa shape index (κ1) is 22.2. The van der Waals surface area contributed by atoms with Gasteiger partial charge in [0.2, 0.25) is 5.95 Å². The molecule has 0 unspecified atom stereocenters. The minimum Gasteiger partial charge on any atom is -0.346 e. The number of aryl methyl sites for hydroxylation is 1. The molecule has 3 heterocycles.